The van der Waals surface area contributed by atoms with Gasteiger partial charge in [0.1, 0.15) is 5.82 Å². The van der Waals surface area contributed by atoms with Gasteiger partial charge in [-0.3, -0.25) is 0 Å². The lowest BCUT2D eigenvalue weighted by molar-refractivity contribution is 0.480. The van der Waals surface area contributed by atoms with E-state index in [1.54, 1.807) is 12.1 Å². The Hall–Kier alpha value is -2.01. The second kappa shape index (κ2) is 6.01. The van der Waals surface area contributed by atoms with E-state index >= 15 is 0 Å². The van der Waals surface area contributed by atoms with E-state index in [2.05, 4.69) is 41.2 Å². The zero-order valence-electron chi connectivity index (χ0n) is 13.2. The molecule has 1 fully saturated rings. The number of hydrogen-bond donors (Lipinski definition) is 1. The van der Waals surface area contributed by atoms with E-state index in [-0.39, 0.29) is 5.82 Å². The van der Waals surface area contributed by atoms with Crippen molar-refractivity contribution in [2.45, 2.75) is 26.8 Å². The van der Waals surface area contributed by atoms with Crippen LogP contribution >= 0.6 is 0 Å². The quantitative estimate of drug-likeness (QED) is 0.926. The third-order valence-electron chi connectivity index (χ3n) is 4.28. The van der Waals surface area contributed by atoms with Gasteiger partial charge in [-0.1, -0.05) is 0 Å². The molecule has 4 nitrogen and oxygen atoms in total. The van der Waals surface area contributed by atoms with E-state index in [0.29, 0.717) is 6.04 Å². The number of nitrogens with zero attached hydrogens (tertiary/aromatic N) is 3. The van der Waals surface area contributed by atoms with Crippen molar-refractivity contribution >= 4 is 5.82 Å². The van der Waals surface area contributed by atoms with Crippen LogP contribution in [0.5, 0.6) is 0 Å². The van der Waals surface area contributed by atoms with Gasteiger partial charge >= 0.3 is 0 Å². The van der Waals surface area contributed by atoms with Gasteiger partial charge in [-0.25, -0.2) is 4.39 Å². The van der Waals surface area contributed by atoms with E-state index in [1.165, 1.54) is 12.1 Å². The Morgan fingerprint density at radius 1 is 1.14 bits per heavy atom. The molecule has 0 unspecified atom stereocenters. The molecule has 0 bridgehead atoms. The van der Waals surface area contributed by atoms with E-state index in [1.807, 2.05) is 0 Å². The standard InChI is InChI=1S/C17H21FN4/c1-11-10-22(9-8-19-11)17-13(3)12(2)16(20-21-17)14-4-6-15(18)7-5-14/h4-7,11,19H,8-10H2,1-3H3/t11-/m0/s1. The third-order valence-corrected chi connectivity index (χ3v) is 4.28. The summed E-state index contributed by atoms with van der Waals surface area (Å²) in [5.74, 6) is 0.717. The fraction of sp³-hybridized carbons (Fsp3) is 0.412. The summed E-state index contributed by atoms with van der Waals surface area (Å²) in [5, 5.41) is 12.3. The lowest BCUT2D eigenvalue weighted by atomic mass is 10.0. The van der Waals surface area contributed by atoms with Gasteiger partial charge in [0.05, 0.1) is 5.69 Å². The zero-order valence-corrected chi connectivity index (χ0v) is 13.2. The molecule has 0 radical (unpaired) electrons. The molecule has 116 valence electrons. The second-order valence-corrected chi connectivity index (χ2v) is 5.93. The first-order chi connectivity index (χ1) is 10.6. The SMILES string of the molecule is Cc1c(-c2ccc(F)cc2)nnc(N2CCN[C@@H](C)C2)c1C. The van der Waals surface area contributed by atoms with Crippen LogP contribution in [-0.2, 0) is 0 Å². The van der Waals surface area contributed by atoms with Crippen LogP contribution in [-0.4, -0.2) is 35.9 Å². The fourth-order valence-corrected chi connectivity index (χ4v) is 2.90. The van der Waals surface area contributed by atoms with E-state index in [9.17, 15) is 4.39 Å². The van der Waals surface area contributed by atoms with E-state index in [0.717, 1.165) is 47.8 Å². The predicted molar refractivity (Wildman–Crippen MR) is 86.6 cm³/mol. The first-order valence-corrected chi connectivity index (χ1v) is 7.64. The number of benzene rings is 1. The summed E-state index contributed by atoms with van der Waals surface area (Å²) in [6.07, 6.45) is 0. The molecule has 1 aliphatic rings. The minimum Gasteiger partial charge on any atom is -0.352 e. The molecular formula is C17H21FN4. The fourth-order valence-electron chi connectivity index (χ4n) is 2.90. The van der Waals surface area contributed by atoms with Crippen molar-refractivity contribution in [3.05, 3.63) is 41.2 Å². The summed E-state index contributed by atoms with van der Waals surface area (Å²) in [6, 6.07) is 6.86. The Kier molecular flexibility index (Phi) is 4.07. The third kappa shape index (κ3) is 2.81. The van der Waals surface area contributed by atoms with Crippen molar-refractivity contribution in [2.75, 3.05) is 24.5 Å². The number of hydrogen-bond acceptors (Lipinski definition) is 4. The summed E-state index contributed by atoms with van der Waals surface area (Å²) in [6.45, 7) is 9.15. The largest absolute Gasteiger partial charge is 0.352 e. The average molecular weight is 300 g/mol. The molecule has 1 aromatic carbocycles. The highest BCUT2D eigenvalue weighted by Gasteiger charge is 2.21. The van der Waals surface area contributed by atoms with Crippen LogP contribution < -0.4 is 10.2 Å². The van der Waals surface area contributed by atoms with Crippen LogP contribution in [0.25, 0.3) is 11.3 Å². The van der Waals surface area contributed by atoms with Crippen molar-refractivity contribution in [1.29, 1.82) is 0 Å². The maximum atomic E-state index is 13.1. The summed E-state index contributed by atoms with van der Waals surface area (Å²) < 4.78 is 13.1. The van der Waals surface area contributed by atoms with Crippen LogP contribution in [0.15, 0.2) is 24.3 Å². The molecule has 22 heavy (non-hydrogen) atoms. The first kappa shape index (κ1) is 14.9. The molecule has 1 aliphatic heterocycles. The molecule has 0 amide bonds. The van der Waals surface area contributed by atoms with Crippen molar-refractivity contribution in [2.24, 2.45) is 0 Å². The number of piperazine rings is 1. The molecule has 1 atom stereocenters. The molecular weight excluding hydrogens is 279 g/mol. The summed E-state index contributed by atoms with van der Waals surface area (Å²) in [7, 11) is 0. The topological polar surface area (TPSA) is 41.1 Å². The monoisotopic (exact) mass is 300 g/mol. The summed E-state index contributed by atoms with van der Waals surface area (Å²) in [4.78, 5) is 2.28. The van der Waals surface area contributed by atoms with Gasteiger partial charge in [-0.15, -0.1) is 10.2 Å². The van der Waals surface area contributed by atoms with Gasteiger partial charge in [0.15, 0.2) is 5.82 Å². The maximum Gasteiger partial charge on any atom is 0.154 e. The Morgan fingerprint density at radius 2 is 1.86 bits per heavy atom. The normalized spacial score (nSPS) is 18.5. The Bertz CT molecular complexity index is 669. The van der Waals surface area contributed by atoms with Gasteiger partial charge in [-0.2, -0.15) is 0 Å². The predicted octanol–water partition coefficient (Wildman–Crippen LogP) is 2.70. The Balaban J connectivity index is 1.96. The van der Waals surface area contributed by atoms with Gasteiger partial charge in [-0.05, 0) is 56.2 Å². The highest BCUT2D eigenvalue weighted by Crippen LogP contribution is 2.28. The molecule has 2 aromatic rings. The highest BCUT2D eigenvalue weighted by atomic mass is 19.1. The van der Waals surface area contributed by atoms with Crippen molar-refractivity contribution in [3.8, 4) is 11.3 Å². The number of halogens is 1. The lowest BCUT2D eigenvalue weighted by Gasteiger charge is -2.33. The Morgan fingerprint density at radius 3 is 2.55 bits per heavy atom. The van der Waals surface area contributed by atoms with Gasteiger partial charge in [0.25, 0.3) is 0 Å². The van der Waals surface area contributed by atoms with Crippen molar-refractivity contribution in [1.82, 2.24) is 15.5 Å². The zero-order chi connectivity index (χ0) is 15.7. The molecule has 1 saturated heterocycles. The van der Waals surface area contributed by atoms with Crippen LogP contribution in [0.3, 0.4) is 0 Å². The van der Waals surface area contributed by atoms with Crippen molar-refractivity contribution in [3.63, 3.8) is 0 Å². The minimum absolute atomic E-state index is 0.238. The van der Waals surface area contributed by atoms with Gasteiger partial charge in [0, 0.05) is 31.2 Å². The van der Waals surface area contributed by atoms with Crippen molar-refractivity contribution < 1.29 is 4.39 Å². The van der Waals surface area contributed by atoms with Gasteiger partial charge in [0.2, 0.25) is 0 Å². The molecule has 1 aromatic heterocycles. The highest BCUT2D eigenvalue weighted by molar-refractivity contribution is 5.66. The lowest BCUT2D eigenvalue weighted by Crippen LogP contribution is -2.49. The number of rotatable bonds is 2. The number of aromatic nitrogens is 2. The minimum atomic E-state index is -0.238. The molecule has 5 heteroatoms. The van der Waals surface area contributed by atoms with Crippen LogP contribution in [0, 0.1) is 19.7 Å². The Labute approximate surface area is 130 Å². The van der Waals surface area contributed by atoms with Crippen LogP contribution in [0.2, 0.25) is 0 Å². The molecule has 3 rings (SSSR count). The maximum absolute atomic E-state index is 13.1. The van der Waals surface area contributed by atoms with Crippen LogP contribution in [0.1, 0.15) is 18.1 Å². The molecule has 1 N–H and O–H groups in total. The number of anilines is 1. The molecule has 0 spiro atoms. The average Bonchev–Trinajstić information content (AvgIpc) is 2.51. The van der Waals surface area contributed by atoms with Crippen LogP contribution in [0.4, 0.5) is 10.2 Å². The molecule has 2 heterocycles. The first-order valence-electron chi connectivity index (χ1n) is 7.64. The molecule has 0 aliphatic carbocycles. The smallest absolute Gasteiger partial charge is 0.154 e. The van der Waals surface area contributed by atoms with E-state index in [4.69, 9.17) is 0 Å². The summed E-state index contributed by atoms with van der Waals surface area (Å²) >= 11 is 0. The number of nitrogens with one attached hydrogen (secondary N) is 1. The second-order valence-electron chi connectivity index (χ2n) is 5.93. The molecule has 0 saturated carbocycles. The summed E-state index contributed by atoms with van der Waals surface area (Å²) in [5.41, 5.74) is 3.96. The van der Waals surface area contributed by atoms with Gasteiger partial charge < -0.3 is 10.2 Å². The van der Waals surface area contributed by atoms with E-state index < -0.39 is 0 Å².